The molecular weight excluding hydrogens is 743 g/mol. The number of fused-ring (bicyclic) bond motifs is 3. The molecule has 0 radical (unpaired) electrons. The van der Waals surface area contributed by atoms with Gasteiger partial charge in [0.25, 0.3) is 0 Å². The second-order valence-electron chi connectivity index (χ2n) is 13.7. The molecular formula is C46H77NO11. The molecule has 2 aromatic carbocycles. The summed E-state index contributed by atoms with van der Waals surface area (Å²) in [4.78, 5) is 47.8. The highest BCUT2D eigenvalue weighted by molar-refractivity contribution is 6.31. The van der Waals surface area contributed by atoms with E-state index in [0.717, 1.165) is 31.7 Å². The molecule has 0 aromatic heterocycles. The number of aromatic hydroxyl groups is 2. The molecule has 6 rings (SSSR count). The van der Waals surface area contributed by atoms with Crippen molar-refractivity contribution in [3.05, 3.63) is 51.6 Å². The second kappa shape index (κ2) is 29.5. The molecule has 0 bridgehead atoms. The van der Waals surface area contributed by atoms with E-state index in [1.165, 1.54) is 32.1 Å². The highest BCUT2D eigenvalue weighted by Gasteiger charge is 2.54. The van der Waals surface area contributed by atoms with Gasteiger partial charge in [-0.25, -0.2) is 0 Å². The average Bonchev–Trinajstić information content (AvgIpc) is 3.24. The number of likely N-dealkylation sites (N-methyl/N-ethyl adjacent to an activating group) is 1. The summed E-state index contributed by atoms with van der Waals surface area (Å²) in [6.07, 6.45) is 4.15. The quantitative estimate of drug-likeness (QED) is 0.122. The maximum absolute atomic E-state index is 13.2. The van der Waals surface area contributed by atoms with E-state index in [1.807, 2.05) is 62.4 Å². The lowest BCUT2D eigenvalue weighted by atomic mass is 9.70. The van der Waals surface area contributed by atoms with E-state index in [9.17, 15) is 39.6 Å². The van der Waals surface area contributed by atoms with Crippen molar-refractivity contribution in [3.8, 4) is 17.2 Å². The molecule has 2 saturated heterocycles. The summed E-state index contributed by atoms with van der Waals surface area (Å²) < 4.78 is 15.8. The van der Waals surface area contributed by atoms with Crippen LogP contribution in [0.15, 0.2) is 18.2 Å². The Morgan fingerprint density at radius 3 is 1.88 bits per heavy atom. The van der Waals surface area contributed by atoms with Crippen LogP contribution in [-0.2, 0) is 25.5 Å². The van der Waals surface area contributed by atoms with Crippen molar-refractivity contribution in [1.29, 1.82) is 0 Å². The first kappa shape index (κ1) is 56.4. The molecule has 5 unspecified atom stereocenters. The summed E-state index contributed by atoms with van der Waals surface area (Å²) in [7, 11) is 3.22. The number of phenolic OH excluding ortho intramolecular Hbond substituents is 2. The van der Waals surface area contributed by atoms with E-state index in [4.69, 9.17) is 14.2 Å². The molecule has 2 fully saturated rings. The van der Waals surface area contributed by atoms with Crippen LogP contribution in [0.1, 0.15) is 178 Å². The van der Waals surface area contributed by atoms with Gasteiger partial charge in [0.15, 0.2) is 11.6 Å². The number of hydrogen-bond acceptors (Lipinski definition) is 12. The Morgan fingerprint density at radius 1 is 0.931 bits per heavy atom. The van der Waals surface area contributed by atoms with Gasteiger partial charge in [0.2, 0.25) is 5.78 Å². The topological polar surface area (TPSA) is 189 Å². The number of benzene rings is 2. The lowest BCUT2D eigenvalue weighted by Gasteiger charge is -2.45. The van der Waals surface area contributed by atoms with Gasteiger partial charge in [-0.05, 0) is 38.8 Å². The zero-order valence-electron chi connectivity index (χ0n) is 38.2. The minimum Gasteiger partial charge on any atom is -0.507 e. The number of carbonyl (C=O) groups is 4. The van der Waals surface area contributed by atoms with E-state index < -0.39 is 34.8 Å². The number of ketones is 3. The van der Waals surface area contributed by atoms with E-state index >= 15 is 0 Å². The number of aliphatic hydroxyl groups excluding tert-OH is 2. The van der Waals surface area contributed by atoms with Crippen LogP contribution in [-0.4, -0.2) is 95.3 Å². The highest BCUT2D eigenvalue weighted by atomic mass is 16.5. The Balaban J connectivity index is 0. The molecule has 4 aliphatic rings. The van der Waals surface area contributed by atoms with E-state index in [-0.39, 0.29) is 82.6 Å². The van der Waals surface area contributed by atoms with E-state index in [0.29, 0.717) is 6.42 Å². The fourth-order valence-electron chi connectivity index (χ4n) is 6.00. The van der Waals surface area contributed by atoms with Crippen molar-refractivity contribution < 1.29 is 53.8 Å². The van der Waals surface area contributed by atoms with Gasteiger partial charge in [-0.2, -0.15) is 0 Å². The van der Waals surface area contributed by atoms with Gasteiger partial charge >= 0.3 is 0 Å². The molecule has 58 heavy (non-hydrogen) atoms. The molecule has 5 N–H and O–H groups in total. The molecule has 332 valence electrons. The van der Waals surface area contributed by atoms with Crippen molar-refractivity contribution in [1.82, 2.24) is 5.32 Å². The van der Waals surface area contributed by atoms with Gasteiger partial charge in [-0.1, -0.05) is 108 Å². The zero-order chi connectivity index (χ0) is 45.3. The maximum Gasteiger partial charge on any atom is 0.202 e. The largest absolute Gasteiger partial charge is 0.507 e. The molecule has 2 aliphatic carbocycles. The molecule has 2 heterocycles. The van der Waals surface area contributed by atoms with Crippen LogP contribution < -0.4 is 10.1 Å². The molecule has 0 amide bonds. The van der Waals surface area contributed by atoms with Crippen molar-refractivity contribution in [2.75, 3.05) is 27.4 Å². The van der Waals surface area contributed by atoms with Crippen LogP contribution in [0.2, 0.25) is 0 Å². The maximum atomic E-state index is 13.2. The molecule has 2 aliphatic heterocycles. The number of phenols is 2. The van der Waals surface area contributed by atoms with Gasteiger partial charge in [0.1, 0.15) is 35.7 Å². The Labute approximate surface area is 349 Å². The summed E-state index contributed by atoms with van der Waals surface area (Å²) in [5.74, 6) is -1.62. The standard InChI is InChI=1S/C21H16O8.C7H15NO2.C5H12.C4H8O.C3H8.3C2H6/c1-28-11-4-2-3-8-14(11)20(27)16-15(17(8)24)18(25)9-5-21(12(23)7-29-21)6-10(22)13(9)19(16)26;1-5-7(9)6(8-2)3-4-10-5;1-4-5(2)3;1-2-3-4-5;1-3-2;3*1-2/h2-4,10,22,25-26H,5-7H2,1H3;5-9H,3-4H2,1-2H3;5H,4H2,1-3H3;4H,2-3H2,1H3;3H2,1-2H3;3*1-2H3. The lowest BCUT2D eigenvalue weighted by molar-refractivity contribution is -0.187. The zero-order valence-corrected chi connectivity index (χ0v) is 38.2. The second-order valence-corrected chi connectivity index (χ2v) is 13.7. The van der Waals surface area contributed by atoms with Crippen LogP contribution in [0, 0.1) is 5.92 Å². The molecule has 12 nitrogen and oxygen atoms in total. The Bertz CT molecular complexity index is 1540. The van der Waals surface area contributed by atoms with Gasteiger partial charge in [-0.15, -0.1) is 0 Å². The smallest absolute Gasteiger partial charge is 0.202 e. The summed E-state index contributed by atoms with van der Waals surface area (Å²) >= 11 is 0. The van der Waals surface area contributed by atoms with Crippen molar-refractivity contribution >= 4 is 23.6 Å². The number of rotatable bonds is 5. The van der Waals surface area contributed by atoms with Crippen LogP contribution in [0.4, 0.5) is 0 Å². The Morgan fingerprint density at radius 2 is 1.48 bits per heavy atom. The van der Waals surface area contributed by atoms with Crippen LogP contribution in [0.3, 0.4) is 0 Å². The number of Topliss-reactive ketones (excluding diaryl/α,β-unsaturated/α-hetero) is 1. The van der Waals surface area contributed by atoms with Crippen molar-refractivity contribution in [2.24, 2.45) is 5.92 Å². The number of hydrogen-bond donors (Lipinski definition) is 5. The molecule has 2 aromatic rings. The SMILES string of the molecule is CC.CC.CC.CCC.CCC(C)C.CCCC=O.CNC1CCOC(C)C1O.COc1cccc2c1C(=O)c1c(O)c3c(c(O)c1C2=O)CC1(CC3O)OCC1=O. The normalized spacial score (nSPS) is 21.6. The van der Waals surface area contributed by atoms with Crippen LogP contribution in [0.5, 0.6) is 17.2 Å². The minimum atomic E-state index is -1.35. The fraction of sp³-hybridized carbons (Fsp3) is 0.652. The van der Waals surface area contributed by atoms with Gasteiger partial charge < -0.3 is 44.7 Å². The molecule has 0 saturated carbocycles. The number of unbranched alkanes of at least 4 members (excludes halogenated alkanes) is 1. The van der Waals surface area contributed by atoms with Crippen molar-refractivity contribution in [3.63, 3.8) is 0 Å². The highest BCUT2D eigenvalue weighted by Crippen LogP contribution is 2.52. The lowest BCUT2D eigenvalue weighted by Crippen LogP contribution is -2.58. The number of methoxy groups -OCH3 is 1. The number of carbonyl (C=O) groups excluding carboxylic acids is 4. The number of aliphatic hydroxyl groups is 2. The summed E-state index contributed by atoms with van der Waals surface area (Å²) in [5, 5.41) is 44.9. The first-order valence-corrected chi connectivity index (χ1v) is 21.3. The fourth-order valence-corrected chi connectivity index (χ4v) is 6.00. The molecule has 5 atom stereocenters. The average molecular weight is 820 g/mol. The Hall–Kier alpha value is -3.68. The number of nitrogens with one attached hydrogen (secondary N) is 1. The van der Waals surface area contributed by atoms with E-state index in [1.54, 1.807) is 6.07 Å². The first-order valence-electron chi connectivity index (χ1n) is 21.3. The summed E-state index contributed by atoms with van der Waals surface area (Å²) in [5.41, 5.74) is -2.00. The third-order valence-electron chi connectivity index (χ3n) is 9.36. The van der Waals surface area contributed by atoms with Gasteiger partial charge in [0, 0.05) is 48.6 Å². The molecule has 12 heteroatoms. The summed E-state index contributed by atoms with van der Waals surface area (Å²) in [6, 6.07) is 4.71. The molecule has 1 spiro atoms. The van der Waals surface area contributed by atoms with Crippen LogP contribution >= 0.6 is 0 Å². The minimum absolute atomic E-state index is 0.0126. The van der Waals surface area contributed by atoms with E-state index in [2.05, 4.69) is 39.9 Å². The summed E-state index contributed by atoms with van der Waals surface area (Å²) in [6.45, 7) is 27.4. The first-order chi connectivity index (χ1) is 27.7. The predicted octanol–water partition coefficient (Wildman–Crippen LogP) is 8.48. The van der Waals surface area contributed by atoms with Gasteiger partial charge in [0.05, 0.1) is 42.1 Å². The monoisotopic (exact) mass is 820 g/mol. The Kier molecular flexibility index (Phi) is 28.7. The van der Waals surface area contributed by atoms with Crippen molar-refractivity contribution in [2.45, 2.75) is 165 Å². The van der Waals surface area contributed by atoms with Crippen LogP contribution in [0.25, 0.3) is 0 Å². The third-order valence-corrected chi connectivity index (χ3v) is 9.36. The number of aldehydes is 1. The van der Waals surface area contributed by atoms with Gasteiger partial charge in [-0.3, -0.25) is 14.4 Å². The number of ether oxygens (including phenoxy) is 3. The predicted molar refractivity (Wildman–Crippen MR) is 232 cm³/mol. The third kappa shape index (κ3) is 14.3.